The van der Waals surface area contributed by atoms with E-state index in [1.54, 1.807) is 6.92 Å². The molecule has 4 aliphatic carbocycles. The zero-order valence-corrected chi connectivity index (χ0v) is 13.1. The van der Waals surface area contributed by atoms with Crippen molar-refractivity contribution < 1.29 is 8.78 Å². The van der Waals surface area contributed by atoms with Gasteiger partial charge < -0.3 is 0 Å². The highest BCUT2D eigenvalue weighted by molar-refractivity contribution is 6.21. The molecule has 1 aromatic rings. The molecule has 0 spiro atoms. The molecule has 0 radical (unpaired) electrons. The van der Waals surface area contributed by atoms with Crippen LogP contribution in [0.2, 0.25) is 0 Å². The molecule has 1 aromatic carbocycles. The summed E-state index contributed by atoms with van der Waals surface area (Å²) in [6.45, 7) is 1.59. The second kappa shape index (κ2) is 4.68. The molecule has 1 atom stereocenters. The average Bonchev–Trinajstić information content (AvgIpc) is 2.40. The molecule has 21 heavy (non-hydrogen) atoms. The number of benzene rings is 1. The molecule has 0 saturated heterocycles. The topological polar surface area (TPSA) is 0 Å². The lowest BCUT2D eigenvalue weighted by Gasteiger charge is -2.58. The van der Waals surface area contributed by atoms with Gasteiger partial charge in [-0.1, -0.05) is 0 Å². The van der Waals surface area contributed by atoms with Crippen LogP contribution in [0.25, 0.3) is 0 Å². The second-order valence-corrected chi connectivity index (χ2v) is 8.20. The van der Waals surface area contributed by atoms with Gasteiger partial charge in [-0.2, -0.15) is 0 Å². The fourth-order valence-corrected chi connectivity index (χ4v) is 6.11. The summed E-state index contributed by atoms with van der Waals surface area (Å²) in [6, 6.07) is 2.63. The van der Waals surface area contributed by atoms with Crippen molar-refractivity contribution in [1.82, 2.24) is 0 Å². The molecule has 4 fully saturated rings. The summed E-state index contributed by atoms with van der Waals surface area (Å²) in [5.41, 5.74) is 0.728. The maximum absolute atomic E-state index is 14.3. The Labute approximate surface area is 129 Å². The fourth-order valence-electron chi connectivity index (χ4n) is 5.67. The van der Waals surface area contributed by atoms with Gasteiger partial charge in [-0.15, -0.1) is 11.6 Å². The van der Waals surface area contributed by atoms with Crippen molar-refractivity contribution >= 4 is 11.6 Å². The highest BCUT2D eigenvalue weighted by Crippen LogP contribution is 2.65. The first-order chi connectivity index (χ1) is 9.97. The molecular weight excluding hydrogens is 290 g/mol. The molecule has 0 N–H and O–H groups in total. The molecule has 0 aliphatic heterocycles. The maximum Gasteiger partial charge on any atom is 0.128 e. The lowest BCUT2D eigenvalue weighted by molar-refractivity contribution is -0.0556. The highest BCUT2D eigenvalue weighted by Gasteiger charge is 2.54. The molecule has 3 heteroatoms. The van der Waals surface area contributed by atoms with Gasteiger partial charge in [0.15, 0.2) is 0 Å². The first-order valence-electron chi connectivity index (χ1n) is 8.06. The molecule has 0 nitrogen and oxygen atoms in total. The molecule has 4 bridgehead atoms. The molecule has 114 valence electrons. The van der Waals surface area contributed by atoms with E-state index in [1.807, 2.05) is 0 Å². The summed E-state index contributed by atoms with van der Waals surface area (Å²) in [4.78, 5) is 0. The normalized spacial score (nSPS) is 38.8. The Morgan fingerprint density at radius 3 is 2.05 bits per heavy atom. The predicted molar refractivity (Wildman–Crippen MR) is 80.3 cm³/mol. The summed E-state index contributed by atoms with van der Waals surface area (Å²) in [5.74, 6) is 1.59. The third-order valence-electron chi connectivity index (χ3n) is 6.17. The van der Waals surface area contributed by atoms with Crippen molar-refractivity contribution in [3.63, 3.8) is 0 Å². The van der Waals surface area contributed by atoms with Crippen molar-refractivity contribution in [3.05, 3.63) is 34.9 Å². The second-order valence-electron chi connectivity index (χ2n) is 7.77. The number of halogens is 3. The van der Waals surface area contributed by atoms with Crippen molar-refractivity contribution in [2.75, 3.05) is 0 Å². The van der Waals surface area contributed by atoms with Crippen molar-refractivity contribution in [1.29, 1.82) is 0 Å². The van der Waals surface area contributed by atoms with E-state index in [9.17, 15) is 8.78 Å². The lowest BCUT2D eigenvalue weighted by Crippen LogP contribution is -2.48. The summed E-state index contributed by atoms with van der Waals surface area (Å²) in [6.07, 6.45) is 7.28. The minimum Gasteiger partial charge on any atom is -0.207 e. The quantitative estimate of drug-likeness (QED) is 0.608. The Morgan fingerprint density at radius 2 is 1.52 bits per heavy atom. The van der Waals surface area contributed by atoms with Crippen LogP contribution < -0.4 is 0 Å². The number of hydrogen-bond acceptors (Lipinski definition) is 0. The van der Waals surface area contributed by atoms with E-state index in [-0.39, 0.29) is 22.4 Å². The van der Waals surface area contributed by atoms with Crippen LogP contribution in [-0.2, 0) is 0 Å². The van der Waals surface area contributed by atoms with Crippen molar-refractivity contribution in [3.8, 4) is 0 Å². The Morgan fingerprint density at radius 1 is 1.00 bits per heavy atom. The van der Waals surface area contributed by atoms with Crippen LogP contribution in [0, 0.1) is 41.7 Å². The van der Waals surface area contributed by atoms with Gasteiger partial charge in [-0.05, 0) is 86.3 Å². The first kappa shape index (κ1) is 14.0. The summed E-state index contributed by atoms with van der Waals surface area (Å²) in [5, 5.41) is -0.388. The van der Waals surface area contributed by atoms with Gasteiger partial charge in [0.2, 0.25) is 0 Å². The van der Waals surface area contributed by atoms with E-state index in [2.05, 4.69) is 0 Å². The smallest absolute Gasteiger partial charge is 0.128 e. The van der Waals surface area contributed by atoms with Crippen LogP contribution >= 0.6 is 11.6 Å². The summed E-state index contributed by atoms with van der Waals surface area (Å²) >= 11 is 6.75. The van der Waals surface area contributed by atoms with Crippen LogP contribution in [-0.4, -0.2) is 0 Å². The Hall–Kier alpha value is -0.630. The molecule has 0 aromatic heterocycles. The third kappa shape index (κ3) is 2.13. The molecule has 4 saturated carbocycles. The Balaban J connectivity index is 1.71. The highest BCUT2D eigenvalue weighted by atomic mass is 35.5. The molecule has 0 amide bonds. The molecule has 0 heterocycles. The summed E-state index contributed by atoms with van der Waals surface area (Å²) in [7, 11) is 0. The first-order valence-corrected chi connectivity index (χ1v) is 8.50. The van der Waals surface area contributed by atoms with E-state index < -0.39 is 0 Å². The van der Waals surface area contributed by atoms with E-state index in [4.69, 9.17) is 11.6 Å². The monoisotopic (exact) mass is 310 g/mol. The van der Waals surface area contributed by atoms with Crippen LogP contribution in [0.1, 0.15) is 55.0 Å². The van der Waals surface area contributed by atoms with Crippen LogP contribution in [0.15, 0.2) is 12.1 Å². The van der Waals surface area contributed by atoms with Gasteiger partial charge >= 0.3 is 0 Å². The Bertz CT molecular complexity index is 546. The number of aryl methyl sites for hydroxylation is 1. The van der Waals surface area contributed by atoms with Crippen molar-refractivity contribution in [2.45, 2.75) is 50.8 Å². The van der Waals surface area contributed by atoms with Crippen molar-refractivity contribution in [2.24, 2.45) is 23.2 Å². The lowest BCUT2D eigenvalue weighted by atomic mass is 9.48. The van der Waals surface area contributed by atoms with Crippen LogP contribution in [0.4, 0.5) is 8.78 Å². The average molecular weight is 311 g/mol. The van der Waals surface area contributed by atoms with Gasteiger partial charge in [0.25, 0.3) is 0 Å². The largest absolute Gasteiger partial charge is 0.207 e. The van der Waals surface area contributed by atoms with E-state index in [0.29, 0.717) is 11.1 Å². The zero-order chi connectivity index (χ0) is 14.8. The molecular formula is C18H21ClF2. The minimum absolute atomic E-state index is 0.00115. The zero-order valence-electron chi connectivity index (χ0n) is 12.3. The summed E-state index contributed by atoms with van der Waals surface area (Å²) < 4.78 is 28.2. The van der Waals surface area contributed by atoms with Crippen LogP contribution in [0.5, 0.6) is 0 Å². The van der Waals surface area contributed by atoms with E-state index in [1.165, 1.54) is 31.4 Å². The Kier molecular flexibility index (Phi) is 3.12. The molecule has 1 unspecified atom stereocenters. The van der Waals surface area contributed by atoms with Gasteiger partial charge in [-0.25, -0.2) is 8.78 Å². The fraction of sp³-hybridized carbons (Fsp3) is 0.667. The van der Waals surface area contributed by atoms with Gasteiger partial charge in [0.1, 0.15) is 11.6 Å². The molecule has 4 aliphatic rings. The SMILES string of the molecule is Cc1cc(F)c(C(Cl)C23CC4CC(CC(C4)C2)C3)cc1F. The van der Waals surface area contributed by atoms with Gasteiger partial charge in [0.05, 0.1) is 5.38 Å². The maximum atomic E-state index is 14.3. The van der Waals surface area contributed by atoms with Gasteiger partial charge in [0, 0.05) is 5.56 Å². The molecule has 5 rings (SSSR count). The number of alkyl halides is 1. The number of hydrogen-bond donors (Lipinski definition) is 0. The standard InChI is InChI=1S/C18H21ClF2/c1-10-2-16(21)14(6-15(10)20)17(19)18-7-11-3-12(8-18)5-13(4-11)9-18/h2,6,11-13,17H,3-5,7-9H2,1H3. The van der Waals surface area contributed by atoms with E-state index >= 15 is 0 Å². The number of rotatable bonds is 2. The predicted octanol–water partition coefficient (Wildman–Crippen LogP) is 5.77. The van der Waals surface area contributed by atoms with E-state index in [0.717, 1.165) is 37.0 Å². The minimum atomic E-state index is -0.388. The van der Waals surface area contributed by atoms with Crippen LogP contribution in [0.3, 0.4) is 0 Å². The third-order valence-corrected chi connectivity index (χ3v) is 6.87. The van der Waals surface area contributed by atoms with Gasteiger partial charge in [-0.3, -0.25) is 0 Å².